The highest BCUT2D eigenvalue weighted by Crippen LogP contribution is 2.63. The molecule has 0 amide bonds. The van der Waals surface area contributed by atoms with Gasteiger partial charge in [-0.05, 0) is 117 Å². The summed E-state index contributed by atoms with van der Waals surface area (Å²) in [7, 11) is 0. The number of benzene rings is 3. The van der Waals surface area contributed by atoms with Crippen LogP contribution in [0.4, 0.5) is 5.69 Å². The molecule has 4 saturated carbocycles. The Hall–Kier alpha value is -3.02. The normalized spacial score (nSPS) is 28.6. The molecule has 5 aliphatic rings. The SMILES string of the molecule is CC(=O)C1=NN(c2ccc(Cl)cc2)[C@@H](c2ccccc2OCc2ccc(Cl)cc2)N1[C@@H](C)C12CC3CC(CC(C3)C1)C2. The number of halogens is 2. The summed E-state index contributed by atoms with van der Waals surface area (Å²) in [5.74, 6) is 3.69. The van der Waals surface area contributed by atoms with E-state index in [2.05, 4.69) is 17.9 Å². The lowest BCUT2D eigenvalue weighted by atomic mass is 9.47. The average molecular weight is 603 g/mol. The molecule has 4 aliphatic carbocycles. The number of hydrogen-bond donors (Lipinski definition) is 0. The summed E-state index contributed by atoms with van der Waals surface area (Å²) < 4.78 is 6.50. The van der Waals surface area contributed by atoms with Crippen molar-refractivity contribution >= 4 is 40.5 Å². The molecule has 0 spiro atoms. The van der Waals surface area contributed by atoms with E-state index in [9.17, 15) is 4.79 Å². The number of amidine groups is 1. The number of carbonyl (C=O) groups is 1. The van der Waals surface area contributed by atoms with Crippen molar-refractivity contribution in [2.45, 2.75) is 71.2 Å². The van der Waals surface area contributed by atoms with Crippen molar-refractivity contribution in [3.63, 3.8) is 0 Å². The molecule has 0 saturated heterocycles. The van der Waals surface area contributed by atoms with Gasteiger partial charge in [0, 0.05) is 28.6 Å². The van der Waals surface area contributed by atoms with Crippen molar-refractivity contribution in [3.8, 4) is 5.75 Å². The fourth-order valence-electron chi connectivity index (χ4n) is 8.72. The van der Waals surface area contributed by atoms with Gasteiger partial charge < -0.3 is 9.64 Å². The topological polar surface area (TPSA) is 45.1 Å². The molecule has 1 heterocycles. The number of ether oxygens (including phenoxy) is 1. The van der Waals surface area contributed by atoms with Gasteiger partial charge in [0.1, 0.15) is 12.4 Å². The number of Topliss-reactive ketones (excluding diaryl/α,β-unsaturated/α-hetero) is 1. The fraction of sp³-hybridized carbons (Fsp3) is 0.429. The Morgan fingerprint density at radius 3 is 2.07 bits per heavy atom. The summed E-state index contributed by atoms with van der Waals surface area (Å²) in [6, 6.07) is 23.8. The minimum absolute atomic E-state index is 0.0207. The van der Waals surface area contributed by atoms with Crippen LogP contribution in [0, 0.1) is 23.2 Å². The zero-order chi connectivity index (χ0) is 29.0. The van der Waals surface area contributed by atoms with E-state index < -0.39 is 0 Å². The van der Waals surface area contributed by atoms with Gasteiger partial charge in [-0.2, -0.15) is 0 Å². The smallest absolute Gasteiger partial charge is 0.196 e. The molecule has 5 nitrogen and oxygen atoms in total. The second kappa shape index (κ2) is 10.9. The van der Waals surface area contributed by atoms with Crippen LogP contribution in [0.2, 0.25) is 10.0 Å². The Balaban J connectivity index is 1.31. The molecule has 4 bridgehead atoms. The molecule has 0 aromatic heterocycles. The maximum absolute atomic E-state index is 13.4. The number of rotatable bonds is 8. The Morgan fingerprint density at radius 2 is 1.48 bits per heavy atom. The van der Waals surface area contributed by atoms with Crippen LogP contribution in [0.3, 0.4) is 0 Å². The highest BCUT2D eigenvalue weighted by atomic mass is 35.5. The van der Waals surface area contributed by atoms with Crippen LogP contribution in [0.15, 0.2) is 77.9 Å². The van der Waals surface area contributed by atoms with E-state index in [1.54, 1.807) is 6.92 Å². The van der Waals surface area contributed by atoms with Crippen molar-refractivity contribution in [1.82, 2.24) is 4.90 Å². The highest BCUT2D eigenvalue weighted by molar-refractivity contribution is 6.38. The summed E-state index contributed by atoms with van der Waals surface area (Å²) in [5, 5.41) is 8.42. The van der Waals surface area contributed by atoms with Gasteiger partial charge in [0.2, 0.25) is 0 Å². The minimum Gasteiger partial charge on any atom is -0.488 e. The number of hydrogen-bond acceptors (Lipinski definition) is 5. The third-order valence-corrected chi connectivity index (χ3v) is 10.7. The summed E-state index contributed by atoms with van der Waals surface area (Å²) >= 11 is 12.4. The van der Waals surface area contributed by atoms with E-state index in [0.29, 0.717) is 22.5 Å². The van der Waals surface area contributed by atoms with Crippen molar-refractivity contribution in [1.29, 1.82) is 0 Å². The van der Waals surface area contributed by atoms with Crippen molar-refractivity contribution in [2.75, 3.05) is 5.01 Å². The van der Waals surface area contributed by atoms with Crippen LogP contribution in [-0.4, -0.2) is 22.6 Å². The number of hydrazone groups is 1. The first kappa shape index (κ1) is 27.8. The van der Waals surface area contributed by atoms with E-state index in [1.165, 1.54) is 38.5 Å². The number of anilines is 1. The van der Waals surface area contributed by atoms with E-state index in [1.807, 2.05) is 71.7 Å². The van der Waals surface area contributed by atoms with E-state index >= 15 is 0 Å². The maximum Gasteiger partial charge on any atom is 0.196 e. The molecule has 0 N–H and O–H groups in total. The molecule has 3 aromatic carbocycles. The Labute approximate surface area is 258 Å². The van der Waals surface area contributed by atoms with Crippen molar-refractivity contribution in [3.05, 3.63) is 94.0 Å². The second-order valence-electron chi connectivity index (χ2n) is 13.0. The van der Waals surface area contributed by atoms with E-state index in [0.717, 1.165) is 40.3 Å². The first-order chi connectivity index (χ1) is 20.3. The fourth-order valence-corrected chi connectivity index (χ4v) is 8.97. The zero-order valence-corrected chi connectivity index (χ0v) is 25.7. The van der Waals surface area contributed by atoms with Crippen LogP contribution in [0.25, 0.3) is 0 Å². The molecule has 0 unspecified atom stereocenters. The highest BCUT2D eigenvalue weighted by Gasteiger charge is 2.57. The van der Waals surface area contributed by atoms with Gasteiger partial charge in [0.05, 0.1) is 5.69 Å². The lowest BCUT2D eigenvalue weighted by molar-refractivity contribution is -0.113. The van der Waals surface area contributed by atoms with Crippen LogP contribution >= 0.6 is 23.2 Å². The van der Waals surface area contributed by atoms with E-state index in [-0.39, 0.29) is 23.4 Å². The van der Waals surface area contributed by atoms with Crippen LogP contribution in [-0.2, 0) is 11.4 Å². The predicted octanol–water partition coefficient (Wildman–Crippen LogP) is 8.90. The number of ketones is 1. The summed E-state index contributed by atoms with van der Waals surface area (Å²) in [5.41, 5.74) is 3.08. The molecule has 2 atom stereocenters. The predicted molar refractivity (Wildman–Crippen MR) is 169 cm³/mol. The summed E-state index contributed by atoms with van der Waals surface area (Å²) in [4.78, 5) is 15.7. The first-order valence-corrected chi connectivity index (χ1v) is 15.9. The average Bonchev–Trinajstić information content (AvgIpc) is 3.37. The van der Waals surface area contributed by atoms with Gasteiger partial charge >= 0.3 is 0 Å². The van der Waals surface area contributed by atoms with Gasteiger partial charge in [-0.25, -0.2) is 5.01 Å². The molecule has 218 valence electrons. The molecule has 7 heteroatoms. The molecular weight excluding hydrogens is 565 g/mol. The van der Waals surface area contributed by atoms with Gasteiger partial charge in [-0.1, -0.05) is 53.5 Å². The third kappa shape index (κ3) is 4.99. The summed E-state index contributed by atoms with van der Waals surface area (Å²) in [6.45, 7) is 4.40. The third-order valence-electron chi connectivity index (χ3n) is 10.2. The lowest BCUT2D eigenvalue weighted by Crippen LogP contribution is -2.58. The monoisotopic (exact) mass is 601 g/mol. The molecule has 0 radical (unpaired) electrons. The molecule has 1 aliphatic heterocycles. The molecule has 4 fully saturated rings. The number of para-hydroxylation sites is 1. The van der Waals surface area contributed by atoms with Crippen LogP contribution in [0.5, 0.6) is 5.75 Å². The molecule has 42 heavy (non-hydrogen) atoms. The summed E-state index contributed by atoms with van der Waals surface area (Å²) in [6.07, 6.45) is 7.51. The van der Waals surface area contributed by atoms with Crippen LogP contribution in [0.1, 0.15) is 69.7 Å². The standard InChI is InChI=1S/C35H37Cl2N3O2/c1-22(41)33-38-40(30-13-11-29(37)12-14-30)34(31-5-3-4-6-32(31)42-21-24-7-9-28(36)10-8-24)39(33)23(2)35-18-25-15-26(19-35)17-27(16-25)20-35/h3-14,23,25-27,34H,15-21H2,1-2H3/t23-,25?,26?,27?,34-,35?/m0/s1. The maximum atomic E-state index is 13.4. The van der Waals surface area contributed by atoms with Gasteiger partial charge in [0.15, 0.2) is 17.8 Å². The van der Waals surface area contributed by atoms with Crippen LogP contribution < -0.4 is 9.75 Å². The minimum atomic E-state index is -0.338. The number of carbonyl (C=O) groups excluding carboxylic acids is 1. The Bertz CT molecular complexity index is 1470. The second-order valence-corrected chi connectivity index (χ2v) is 13.9. The largest absolute Gasteiger partial charge is 0.488 e. The van der Waals surface area contributed by atoms with E-state index in [4.69, 9.17) is 33.0 Å². The zero-order valence-electron chi connectivity index (χ0n) is 24.2. The lowest BCUT2D eigenvalue weighted by Gasteiger charge is -2.60. The number of nitrogens with zero attached hydrogens (tertiary/aromatic N) is 3. The molecule has 3 aromatic rings. The van der Waals surface area contributed by atoms with Crippen molar-refractivity contribution < 1.29 is 9.53 Å². The van der Waals surface area contributed by atoms with Gasteiger partial charge in [-0.15, -0.1) is 5.10 Å². The van der Waals surface area contributed by atoms with Crippen molar-refractivity contribution in [2.24, 2.45) is 28.3 Å². The van der Waals surface area contributed by atoms with Gasteiger partial charge in [-0.3, -0.25) is 4.79 Å². The Morgan fingerprint density at radius 1 is 0.905 bits per heavy atom. The molecular formula is C35H37Cl2N3O2. The quantitative estimate of drug-likeness (QED) is 0.258. The van der Waals surface area contributed by atoms with Gasteiger partial charge in [0.25, 0.3) is 0 Å². The Kier molecular flexibility index (Phi) is 7.22. The first-order valence-electron chi connectivity index (χ1n) is 15.2. The molecule has 8 rings (SSSR count).